The zero-order valence-corrected chi connectivity index (χ0v) is 22.3. The van der Waals surface area contributed by atoms with Crippen molar-refractivity contribution in [3.63, 3.8) is 0 Å². The topological polar surface area (TPSA) is 112 Å². The molecule has 0 saturated heterocycles. The molecule has 6 heterocycles. The third-order valence-electron chi connectivity index (χ3n) is 6.71. The molecule has 0 unspecified atom stereocenters. The maximum atomic E-state index is 12.6. The second kappa shape index (κ2) is 9.87. The lowest BCUT2D eigenvalue weighted by molar-refractivity contribution is -0.115. The summed E-state index contributed by atoms with van der Waals surface area (Å²) in [5, 5.41) is 11.7. The minimum absolute atomic E-state index is 0.101. The van der Waals surface area contributed by atoms with Gasteiger partial charge in [0.1, 0.15) is 11.2 Å². The highest BCUT2D eigenvalue weighted by atomic mass is 32.1. The van der Waals surface area contributed by atoms with Gasteiger partial charge in [-0.25, -0.2) is 4.98 Å². The molecule has 8 nitrogen and oxygen atoms in total. The van der Waals surface area contributed by atoms with Crippen LogP contribution in [0.2, 0.25) is 0 Å². The first-order valence-corrected chi connectivity index (χ1v) is 13.6. The van der Waals surface area contributed by atoms with Gasteiger partial charge in [-0.05, 0) is 55.0 Å². The minimum Gasteiger partial charge on any atom is -0.353 e. The second-order valence-corrected chi connectivity index (χ2v) is 10.8. The van der Waals surface area contributed by atoms with Crippen LogP contribution in [-0.2, 0) is 11.2 Å². The molecule has 0 atom stereocenters. The molecule has 0 aliphatic heterocycles. The Hall–Kier alpha value is -5.15. The largest absolute Gasteiger partial charge is 0.353 e. The van der Waals surface area contributed by atoms with E-state index in [2.05, 4.69) is 55.6 Å². The highest BCUT2D eigenvalue weighted by Crippen LogP contribution is 2.35. The van der Waals surface area contributed by atoms with E-state index in [0.717, 1.165) is 60.7 Å². The molecule has 9 heteroatoms. The summed E-state index contributed by atoms with van der Waals surface area (Å²) in [5.74, 6) is -0.101. The van der Waals surface area contributed by atoms with Crippen molar-refractivity contribution < 1.29 is 4.79 Å². The first-order chi connectivity index (χ1) is 19.6. The predicted octanol–water partition coefficient (Wildman–Crippen LogP) is 6.78. The number of aromatic amines is 2. The van der Waals surface area contributed by atoms with Crippen LogP contribution in [0.15, 0.2) is 91.4 Å². The maximum absolute atomic E-state index is 12.6. The van der Waals surface area contributed by atoms with Gasteiger partial charge < -0.3 is 10.3 Å². The van der Waals surface area contributed by atoms with Crippen molar-refractivity contribution in [3.8, 4) is 33.2 Å². The second-order valence-electron chi connectivity index (χ2n) is 9.55. The smallest absolute Gasteiger partial charge is 0.228 e. The Balaban J connectivity index is 1.21. The van der Waals surface area contributed by atoms with Crippen LogP contribution in [0.25, 0.3) is 55.2 Å². The summed E-state index contributed by atoms with van der Waals surface area (Å²) in [6, 6.07) is 23.7. The number of nitrogens with zero attached hydrogens (tertiary/aromatic N) is 4. The number of fused-ring (bicyclic) bond motifs is 2. The lowest BCUT2D eigenvalue weighted by Gasteiger charge is -2.07. The van der Waals surface area contributed by atoms with E-state index >= 15 is 0 Å². The van der Waals surface area contributed by atoms with Gasteiger partial charge in [0.05, 0.1) is 45.8 Å². The van der Waals surface area contributed by atoms with Crippen molar-refractivity contribution in [2.45, 2.75) is 13.3 Å². The minimum atomic E-state index is -0.101. The molecule has 194 valence electrons. The monoisotopic (exact) mass is 541 g/mol. The summed E-state index contributed by atoms with van der Waals surface area (Å²) in [7, 11) is 0. The number of rotatable bonds is 6. The number of nitrogens with one attached hydrogen (secondary N) is 3. The Morgan fingerprint density at radius 3 is 2.70 bits per heavy atom. The average molecular weight is 542 g/mol. The van der Waals surface area contributed by atoms with Crippen molar-refractivity contribution in [1.82, 2.24) is 30.1 Å². The van der Waals surface area contributed by atoms with Crippen LogP contribution in [0.4, 0.5) is 5.69 Å². The van der Waals surface area contributed by atoms with Gasteiger partial charge in [-0.1, -0.05) is 30.3 Å². The summed E-state index contributed by atoms with van der Waals surface area (Å²) in [4.78, 5) is 32.4. The molecule has 40 heavy (non-hydrogen) atoms. The molecule has 0 spiro atoms. The van der Waals surface area contributed by atoms with Crippen LogP contribution in [0.3, 0.4) is 0 Å². The lowest BCUT2D eigenvalue weighted by atomic mass is 10.1. The van der Waals surface area contributed by atoms with Crippen LogP contribution in [-0.4, -0.2) is 36.0 Å². The third-order valence-corrected chi connectivity index (χ3v) is 7.72. The first kappa shape index (κ1) is 23.9. The van der Waals surface area contributed by atoms with E-state index in [1.54, 1.807) is 23.7 Å². The molecule has 7 rings (SSSR count). The number of amides is 1. The Morgan fingerprint density at radius 1 is 0.950 bits per heavy atom. The molecular formula is C31H23N7OS. The van der Waals surface area contributed by atoms with Crippen molar-refractivity contribution in [3.05, 3.63) is 102 Å². The third kappa shape index (κ3) is 4.52. The van der Waals surface area contributed by atoms with Crippen molar-refractivity contribution >= 4 is 44.9 Å². The fourth-order valence-corrected chi connectivity index (χ4v) is 5.70. The maximum Gasteiger partial charge on any atom is 0.228 e. The van der Waals surface area contributed by atoms with Gasteiger partial charge in [-0.15, -0.1) is 11.3 Å². The quantitative estimate of drug-likeness (QED) is 0.215. The molecule has 0 aliphatic rings. The Kier molecular flexibility index (Phi) is 5.90. The summed E-state index contributed by atoms with van der Waals surface area (Å²) >= 11 is 1.73. The number of benzene rings is 1. The normalized spacial score (nSPS) is 11.3. The van der Waals surface area contributed by atoms with Gasteiger partial charge in [0.15, 0.2) is 0 Å². The zero-order chi connectivity index (χ0) is 27.1. The molecule has 6 aromatic heterocycles. The number of carbonyl (C=O) groups excluding carboxylic acids is 1. The molecule has 1 aromatic carbocycles. The number of H-pyrrole nitrogens is 2. The number of hydrogen-bond donors (Lipinski definition) is 3. The van der Waals surface area contributed by atoms with Gasteiger partial charge >= 0.3 is 0 Å². The lowest BCUT2D eigenvalue weighted by Crippen LogP contribution is -2.14. The van der Waals surface area contributed by atoms with Gasteiger partial charge in [-0.2, -0.15) is 5.10 Å². The number of carbonyl (C=O) groups is 1. The highest BCUT2D eigenvalue weighted by Gasteiger charge is 2.17. The molecule has 0 bridgehead atoms. The van der Waals surface area contributed by atoms with E-state index in [0.29, 0.717) is 12.1 Å². The Morgan fingerprint density at radius 2 is 1.85 bits per heavy atom. The highest BCUT2D eigenvalue weighted by molar-refractivity contribution is 7.15. The van der Waals surface area contributed by atoms with Gasteiger partial charge in [-0.3, -0.25) is 19.9 Å². The average Bonchev–Trinajstić information content (AvgIpc) is 3.71. The van der Waals surface area contributed by atoms with Crippen LogP contribution in [0.1, 0.15) is 10.4 Å². The summed E-state index contributed by atoms with van der Waals surface area (Å²) in [6.07, 6.45) is 5.50. The van der Waals surface area contributed by atoms with E-state index in [1.165, 1.54) is 4.88 Å². The molecular weight excluding hydrogens is 518 g/mol. The molecule has 1 amide bonds. The fraction of sp³-hybridized carbons (Fsp3) is 0.0645. The number of pyridine rings is 3. The number of aryl methyl sites for hydroxylation is 1. The molecule has 0 aliphatic carbocycles. The Bertz CT molecular complexity index is 2010. The van der Waals surface area contributed by atoms with Gasteiger partial charge in [0, 0.05) is 33.7 Å². The summed E-state index contributed by atoms with van der Waals surface area (Å²) in [5.41, 5.74) is 8.17. The fourth-order valence-electron chi connectivity index (χ4n) is 4.82. The van der Waals surface area contributed by atoms with Crippen LogP contribution in [0, 0.1) is 6.92 Å². The van der Waals surface area contributed by atoms with Crippen LogP contribution < -0.4 is 5.32 Å². The molecule has 0 radical (unpaired) electrons. The van der Waals surface area contributed by atoms with Crippen molar-refractivity contribution in [1.29, 1.82) is 0 Å². The van der Waals surface area contributed by atoms with Crippen LogP contribution >= 0.6 is 11.3 Å². The predicted molar refractivity (Wildman–Crippen MR) is 159 cm³/mol. The van der Waals surface area contributed by atoms with E-state index in [-0.39, 0.29) is 5.91 Å². The van der Waals surface area contributed by atoms with E-state index in [1.807, 2.05) is 60.8 Å². The standard InChI is InChI=1S/C31H23N7OS/c1-18-7-10-27(40-18)29-22-15-26(35-24(22)11-12-33-29)31-30-25(37-38-31)9-8-23(36-30)20-14-21(17-32-16-20)34-28(39)13-19-5-3-2-4-6-19/h2-12,14-17,35H,13H2,1H3,(H,34,39)(H,37,38). The number of anilines is 1. The van der Waals surface area contributed by atoms with E-state index < -0.39 is 0 Å². The summed E-state index contributed by atoms with van der Waals surface area (Å²) < 4.78 is 0. The Labute approximate surface area is 233 Å². The van der Waals surface area contributed by atoms with E-state index in [4.69, 9.17) is 4.98 Å². The zero-order valence-electron chi connectivity index (χ0n) is 21.5. The van der Waals surface area contributed by atoms with Crippen molar-refractivity contribution in [2.75, 3.05) is 5.32 Å². The summed E-state index contributed by atoms with van der Waals surface area (Å²) in [6.45, 7) is 2.10. The van der Waals surface area contributed by atoms with Crippen LogP contribution in [0.5, 0.6) is 0 Å². The SMILES string of the molecule is Cc1ccc(-c2nccc3[nH]c(-c4n[nH]c5ccc(-c6cncc(NC(=O)Cc7ccccc7)c6)nc45)cc23)s1. The van der Waals surface area contributed by atoms with Gasteiger partial charge in [0.25, 0.3) is 0 Å². The molecule has 0 fully saturated rings. The molecule has 3 N–H and O–H groups in total. The van der Waals surface area contributed by atoms with Gasteiger partial charge in [0.2, 0.25) is 5.91 Å². The number of thiophene rings is 1. The van der Waals surface area contributed by atoms with E-state index in [9.17, 15) is 4.79 Å². The number of hydrogen-bond acceptors (Lipinski definition) is 6. The molecule has 0 saturated carbocycles. The number of aromatic nitrogens is 6. The van der Waals surface area contributed by atoms with Crippen molar-refractivity contribution in [2.24, 2.45) is 0 Å². The molecule has 7 aromatic rings. The first-order valence-electron chi connectivity index (χ1n) is 12.8.